The predicted molar refractivity (Wildman–Crippen MR) is 121 cm³/mol. The molecule has 1 saturated carbocycles. The molecule has 0 atom stereocenters. The molecule has 0 spiro atoms. The van der Waals surface area contributed by atoms with Crippen LogP contribution in [-0.4, -0.2) is 57.4 Å². The number of methoxy groups -OCH3 is 1. The Bertz CT molecular complexity index is 668. The molecule has 168 valence electrons. The number of hydrogen-bond donors (Lipinski definition) is 1. The number of nitrogens with zero attached hydrogens (tertiary/aromatic N) is 2. The second kappa shape index (κ2) is 12.0. The number of aliphatic imine (C=N–C) groups is 1. The molecule has 2 fully saturated rings. The zero-order valence-corrected chi connectivity index (χ0v) is 19.0. The minimum absolute atomic E-state index is 0.311. The third-order valence-corrected chi connectivity index (χ3v) is 6.15. The van der Waals surface area contributed by atoms with Gasteiger partial charge in [-0.1, -0.05) is 6.07 Å². The highest BCUT2D eigenvalue weighted by Crippen LogP contribution is 2.32. The average molecular weight is 418 g/mol. The van der Waals surface area contributed by atoms with Crippen molar-refractivity contribution in [2.45, 2.75) is 64.5 Å². The number of ether oxygens (including phenoxy) is 3. The summed E-state index contributed by atoms with van der Waals surface area (Å²) >= 11 is 0. The maximum Gasteiger partial charge on any atom is 0.193 e. The highest BCUT2D eigenvalue weighted by atomic mass is 16.5. The lowest BCUT2D eigenvalue weighted by molar-refractivity contribution is 0.0625. The fourth-order valence-corrected chi connectivity index (χ4v) is 4.25. The van der Waals surface area contributed by atoms with Gasteiger partial charge in [0, 0.05) is 33.4 Å². The van der Waals surface area contributed by atoms with Crippen LogP contribution in [0.4, 0.5) is 0 Å². The first-order chi connectivity index (χ1) is 14.7. The van der Waals surface area contributed by atoms with Gasteiger partial charge < -0.3 is 24.4 Å². The van der Waals surface area contributed by atoms with Crippen molar-refractivity contribution in [3.63, 3.8) is 0 Å². The third kappa shape index (κ3) is 6.79. The monoisotopic (exact) mass is 417 g/mol. The van der Waals surface area contributed by atoms with Crippen molar-refractivity contribution in [3.05, 3.63) is 23.8 Å². The average Bonchev–Trinajstić information content (AvgIpc) is 3.29. The Morgan fingerprint density at radius 3 is 2.63 bits per heavy atom. The van der Waals surface area contributed by atoms with Crippen molar-refractivity contribution in [3.8, 4) is 11.5 Å². The van der Waals surface area contributed by atoms with Crippen LogP contribution in [0, 0.1) is 5.92 Å². The Morgan fingerprint density at radius 2 is 1.93 bits per heavy atom. The van der Waals surface area contributed by atoms with Gasteiger partial charge in [-0.15, -0.1) is 0 Å². The van der Waals surface area contributed by atoms with E-state index in [9.17, 15) is 0 Å². The summed E-state index contributed by atoms with van der Waals surface area (Å²) in [7, 11) is 3.83. The number of nitrogens with one attached hydrogen (secondary N) is 1. The maximum atomic E-state index is 6.24. The summed E-state index contributed by atoms with van der Waals surface area (Å²) < 4.78 is 17.2. The van der Waals surface area contributed by atoms with E-state index in [1.165, 1.54) is 32.1 Å². The van der Waals surface area contributed by atoms with Crippen molar-refractivity contribution < 1.29 is 14.2 Å². The van der Waals surface area contributed by atoms with Gasteiger partial charge in [0.25, 0.3) is 0 Å². The summed E-state index contributed by atoms with van der Waals surface area (Å²) in [5.74, 6) is 3.37. The van der Waals surface area contributed by atoms with Crippen LogP contribution in [0.3, 0.4) is 0 Å². The molecule has 1 N–H and O–H groups in total. The van der Waals surface area contributed by atoms with Gasteiger partial charge >= 0.3 is 0 Å². The largest absolute Gasteiger partial charge is 0.493 e. The van der Waals surface area contributed by atoms with Gasteiger partial charge in [-0.2, -0.15) is 0 Å². The van der Waals surface area contributed by atoms with Crippen LogP contribution in [0.5, 0.6) is 11.5 Å². The van der Waals surface area contributed by atoms with Gasteiger partial charge in [0.15, 0.2) is 17.5 Å². The Morgan fingerprint density at radius 1 is 1.17 bits per heavy atom. The highest BCUT2D eigenvalue weighted by molar-refractivity contribution is 5.79. The number of hydrogen-bond acceptors (Lipinski definition) is 4. The smallest absolute Gasteiger partial charge is 0.193 e. The van der Waals surface area contributed by atoms with Crippen molar-refractivity contribution in [1.29, 1.82) is 0 Å². The summed E-state index contributed by atoms with van der Waals surface area (Å²) in [5.41, 5.74) is 1.14. The third-order valence-electron chi connectivity index (χ3n) is 6.15. The molecule has 30 heavy (non-hydrogen) atoms. The van der Waals surface area contributed by atoms with Gasteiger partial charge in [-0.05, 0) is 75.5 Å². The fourth-order valence-electron chi connectivity index (χ4n) is 4.25. The molecule has 1 aromatic rings. The van der Waals surface area contributed by atoms with Crippen LogP contribution in [0.25, 0.3) is 0 Å². The zero-order valence-electron chi connectivity index (χ0n) is 19.0. The normalized spacial score (nSPS) is 18.4. The lowest BCUT2D eigenvalue weighted by Crippen LogP contribution is -2.40. The number of benzene rings is 1. The molecule has 0 radical (unpaired) electrons. The summed E-state index contributed by atoms with van der Waals surface area (Å²) in [6, 6.07) is 6.17. The molecule has 1 aliphatic heterocycles. The lowest BCUT2D eigenvalue weighted by Gasteiger charge is -2.27. The second-order valence-corrected chi connectivity index (χ2v) is 8.45. The summed E-state index contributed by atoms with van der Waals surface area (Å²) in [6.45, 7) is 6.42. The quantitative estimate of drug-likeness (QED) is 0.481. The number of guanidine groups is 1. The first kappa shape index (κ1) is 22.7. The van der Waals surface area contributed by atoms with E-state index in [-0.39, 0.29) is 0 Å². The molecule has 6 nitrogen and oxygen atoms in total. The molecule has 0 unspecified atom stereocenters. The van der Waals surface area contributed by atoms with Crippen LogP contribution in [0.15, 0.2) is 23.2 Å². The topological polar surface area (TPSA) is 55.3 Å². The zero-order chi connectivity index (χ0) is 21.2. The summed E-state index contributed by atoms with van der Waals surface area (Å²) in [6.07, 6.45) is 8.63. The summed E-state index contributed by atoms with van der Waals surface area (Å²) in [4.78, 5) is 7.13. The lowest BCUT2D eigenvalue weighted by atomic mass is 9.96. The minimum atomic E-state index is 0.311. The van der Waals surface area contributed by atoms with Crippen molar-refractivity contribution in [1.82, 2.24) is 10.2 Å². The van der Waals surface area contributed by atoms with Gasteiger partial charge in [0.2, 0.25) is 0 Å². The van der Waals surface area contributed by atoms with E-state index in [1.807, 2.05) is 6.07 Å². The van der Waals surface area contributed by atoms with E-state index < -0.39 is 0 Å². The predicted octanol–water partition coefficient (Wildman–Crippen LogP) is 4.23. The van der Waals surface area contributed by atoms with Crippen LogP contribution in [-0.2, 0) is 11.3 Å². The van der Waals surface area contributed by atoms with Gasteiger partial charge in [0.1, 0.15) is 0 Å². The molecular weight excluding hydrogens is 378 g/mol. The van der Waals surface area contributed by atoms with E-state index in [1.54, 1.807) is 7.11 Å². The van der Waals surface area contributed by atoms with Gasteiger partial charge in [0.05, 0.1) is 19.8 Å². The van der Waals surface area contributed by atoms with Crippen molar-refractivity contribution >= 4 is 5.96 Å². The molecule has 2 aliphatic rings. The van der Waals surface area contributed by atoms with E-state index >= 15 is 0 Å². The van der Waals surface area contributed by atoms with Crippen molar-refractivity contribution in [2.24, 2.45) is 10.9 Å². The van der Waals surface area contributed by atoms with Crippen LogP contribution >= 0.6 is 0 Å². The molecule has 1 heterocycles. The van der Waals surface area contributed by atoms with E-state index in [2.05, 4.69) is 36.3 Å². The van der Waals surface area contributed by atoms with Gasteiger partial charge in [-0.25, -0.2) is 4.99 Å². The van der Waals surface area contributed by atoms with E-state index in [4.69, 9.17) is 19.2 Å². The Hall–Kier alpha value is -1.95. The SMILES string of the molecule is CCNC(=NCc1ccc(OC)c(OC2CCCC2)c1)N(C)CCC1CCOCC1. The van der Waals surface area contributed by atoms with E-state index in [0.717, 1.165) is 68.1 Å². The molecule has 0 amide bonds. The molecular formula is C24H39N3O3. The standard InChI is InChI=1S/C24H39N3O3/c1-4-25-24(27(2)14-11-19-12-15-29-16-13-19)26-18-20-9-10-22(28-3)23(17-20)30-21-7-5-6-8-21/h9-10,17,19,21H,4-8,11-16,18H2,1-3H3,(H,25,26). The second-order valence-electron chi connectivity index (χ2n) is 8.45. The molecule has 0 aromatic heterocycles. The minimum Gasteiger partial charge on any atom is -0.493 e. The van der Waals surface area contributed by atoms with Gasteiger partial charge in [-0.3, -0.25) is 0 Å². The maximum absolute atomic E-state index is 6.24. The first-order valence-electron chi connectivity index (χ1n) is 11.6. The fraction of sp³-hybridized carbons (Fsp3) is 0.708. The molecule has 3 rings (SSSR count). The highest BCUT2D eigenvalue weighted by Gasteiger charge is 2.19. The Labute approximate surface area is 182 Å². The van der Waals surface area contributed by atoms with Crippen molar-refractivity contribution in [2.75, 3.05) is 40.5 Å². The van der Waals surface area contributed by atoms with E-state index in [0.29, 0.717) is 12.6 Å². The van der Waals surface area contributed by atoms with Crippen LogP contribution in [0.2, 0.25) is 0 Å². The Kier molecular flexibility index (Phi) is 9.12. The van der Waals surface area contributed by atoms with Crippen LogP contribution in [0.1, 0.15) is 57.4 Å². The molecule has 1 aromatic carbocycles. The first-order valence-corrected chi connectivity index (χ1v) is 11.6. The molecule has 6 heteroatoms. The Balaban J connectivity index is 1.61. The molecule has 0 bridgehead atoms. The number of rotatable bonds is 9. The molecule has 1 aliphatic carbocycles. The molecule has 1 saturated heterocycles. The van der Waals surface area contributed by atoms with Crippen LogP contribution < -0.4 is 14.8 Å². The summed E-state index contributed by atoms with van der Waals surface area (Å²) in [5, 5.41) is 3.43.